The highest BCUT2D eigenvalue weighted by Crippen LogP contribution is 2.20. The monoisotopic (exact) mass is 316 g/mol. The van der Waals surface area contributed by atoms with Crippen molar-refractivity contribution in [2.75, 3.05) is 6.61 Å². The van der Waals surface area contributed by atoms with E-state index in [0.29, 0.717) is 17.2 Å². The summed E-state index contributed by atoms with van der Waals surface area (Å²) < 4.78 is 10.3. The summed E-state index contributed by atoms with van der Waals surface area (Å²) in [5.74, 6) is 0.0167. The van der Waals surface area contributed by atoms with Crippen LogP contribution in [0.25, 0.3) is 10.9 Å². The number of fused-ring (bicyclic) bond motifs is 1. The van der Waals surface area contributed by atoms with Gasteiger partial charge < -0.3 is 9.15 Å². The average Bonchev–Trinajstić information content (AvgIpc) is 2.96. The van der Waals surface area contributed by atoms with Crippen molar-refractivity contribution in [2.45, 2.75) is 13.3 Å². The van der Waals surface area contributed by atoms with Gasteiger partial charge in [0.1, 0.15) is 5.76 Å². The molecule has 1 aromatic carbocycles. The third kappa shape index (κ3) is 3.09. The number of hydrogen-bond acceptors (Lipinski definition) is 5. The van der Waals surface area contributed by atoms with Gasteiger partial charge in [-0.15, -0.1) is 0 Å². The summed E-state index contributed by atoms with van der Waals surface area (Å²) in [5, 5.41) is 1.55. The summed E-state index contributed by atoms with van der Waals surface area (Å²) in [6.45, 7) is 2.02. The topological polar surface area (TPSA) is 65.2 Å². The van der Waals surface area contributed by atoms with Crippen molar-refractivity contribution in [2.24, 2.45) is 0 Å². The molecule has 0 saturated heterocycles. The largest absolute Gasteiger partial charge is 0.459 e. The lowest BCUT2D eigenvalue weighted by Gasteiger charge is -2.02. The van der Waals surface area contributed by atoms with Crippen molar-refractivity contribution in [1.82, 2.24) is 9.97 Å². The standard InChI is InChI=1S/C16H13ClN2O3/c1-2-21-16(20)15-19-9-13(22-15)6-10-3-4-14-11(5-10)7-12(17)8-18-14/h3-5,7-9H,2,6H2,1H3. The number of oxazole rings is 1. The van der Waals surface area contributed by atoms with Crippen LogP contribution in [-0.4, -0.2) is 22.5 Å². The number of rotatable bonds is 4. The Morgan fingerprint density at radius 1 is 1.27 bits per heavy atom. The summed E-state index contributed by atoms with van der Waals surface area (Å²) in [7, 11) is 0. The number of benzene rings is 1. The molecule has 0 unspecified atom stereocenters. The van der Waals surface area contributed by atoms with Crippen LogP contribution >= 0.6 is 11.6 Å². The predicted octanol–water partition coefficient (Wildman–Crippen LogP) is 3.64. The molecule has 3 aromatic rings. The van der Waals surface area contributed by atoms with E-state index in [4.69, 9.17) is 20.8 Å². The quantitative estimate of drug-likeness (QED) is 0.687. The Morgan fingerprint density at radius 3 is 2.95 bits per heavy atom. The van der Waals surface area contributed by atoms with Crippen molar-refractivity contribution < 1.29 is 13.9 Å². The van der Waals surface area contributed by atoms with E-state index in [1.54, 1.807) is 13.1 Å². The average molecular weight is 317 g/mol. The molecular formula is C16H13ClN2O3. The van der Waals surface area contributed by atoms with Crippen LogP contribution in [0.2, 0.25) is 5.02 Å². The van der Waals surface area contributed by atoms with Crippen LogP contribution in [0.15, 0.2) is 41.1 Å². The number of hydrogen-bond donors (Lipinski definition) is 0. The van der Waals surface area contributed by atoms with Crippen LogP contribution < -0.4 is 0 Å². The molecule has 2 heterocycles. The van der Waals surface area contributed by atoms with E-state index in [9.17, 15) is 4.79 Å². The van der Waals surface area contributed by atoms with Gasteiger partial charge in [0.2, 0.25) is 0 Å². The normalized spacial score (nSPS) is 10.8. The van der Waals surface area contributed by atoms with Crippen molar-refractivity contribution in [1.29, 1.82) is 0 Å². The van der Waals surface area contributed by atoms with E-state index in [0.717, 1.165) is 16.5 Å². The summed E-state index contributed by atoms with van der Waals surface area (Å²) >= 11 is 5.96. The van der Waals surface area contributed by atoms with Crippen LogP contribution in [0.3, 0.4) is 0 Å². The van der Waals surface area contributed by atoms with Gasteiger partial charge in [0.15, 0.2) is 0 Å². The highest BCUT2D eigenvalue weighted by molar-refractivity contribution is 6.31. The van der Waals surface area contributed by atoms with Crippen molar-refractivity contribution in [3.8, 4) is 0 Å². The third-order valence-corrected chi connectivity index (χ3v) is 3.30. The minimum atomic E-state index is -0.553. The SMILES string of the molecule is CCOC(=O)c1ncc(Cc2ccc3ncc(Cl)cc3c2)o1. The summed E-state index contributed by atoms with van der Waals surface area (Å²) in [6, 6.07) is 7.72. The molecule has 0 saturated carbocycles. The molecule has 112 valence electrons. The fourth-order valence-corrected chi connectivity index (χ4v) is 2.31. The van der Waals surface area contributed by atoms with Crippen LogP contribution in [-0.2, 0) is 11.2 Å². The Kier molecular flexibility index (Phi) is 4.06. The van der Waals surface area contributed by atoms with Crippen molar-refractivity contribution >= 4 is 28.5 Å². The number of aromatic nitrogens is 2. The third-order valence-electron chi connectivity index (χ3n) is 3.09. The molecule has 0 radical (unpaired) electrons. The van der Waals surface area contributed by atoms with Crippen LogP contribution in [0.1, 0.15) is 28.9 Å². The first-order valence-corrected chi connectivity index (χ1v) is 7.19. The molecule has 0 fully saturated rings. The number of esters is 1. The number of nitrogens with zero attached hydrogens (tertiary/aromatic N) is 2. The molecule has 0 aliphatic carbocycles. The highest BCUT2D eigenvalue weighted by atomic mass is 35.5. The molecule has 0 bridgehead atoms. The van der Waals surface area contributed by atoms with Gasteiger partial charge in [-0.1, -0.05) is 17.7 Å². The van der Waals surface area contributed by atoms with Crippen molar-refractivity contribution in [3.63, 3.8) is 0 Å². The van der Waals surface area contributed by atoms with E-state index in [1.807, 2.05) is 24.3 Å². The second-order valence-corrected chi connectivity index (χ2v) is 5.15. The number of ether oxygens (including phenoxy) is 1. The van der Waals surface area contributed by atoms with Crippen molar-refractivity contribution in [3.05, 3.63) is 58.9 Å². The van der Waals surface area contributed by atoms with E-state index in [1.165, 1.54) is 6.20 Å². The Bertz CT molecular complexity index is 829. The maximum atomic E-state index is 11.5. The lowest BCUT2D eigenvalue weighted by atomic mass is 10.1. The minimum absolute atomic E-state index is 0.0256. The molecule has 6 heteroatoms. The predicted molar refractivity (Wildman–Crippen MR) is 82.0 cm³/mol. The summed E-state index contributed by atoms with van der Waals surface area (Å²) in [6.07, 6.45) is 3.67. The van der Waals surface area contributed by atoms with Gasteiger partial charge in [-0.05, 0) is 30.7 Å². The molecule has 3 rings (SSSR count). The lowest BCUT2D eigenvalue weighted by molar-refractivity contribution is 0.0479. The number of halogens is 1. The van der Waals surface area contributed by atoms with Crippen LogP contribution in [0.4, 0.5) is 0 Å². The maximum absolute atomic E-state index is 11.5. The van der Waals surface area contributed by atoms with Gasteiger partial charge in [0, 0.05) is 18.0 Å². The first-order chi connectivity index (χ1) is 10.7. The zero-order valence-electron chi connectivity index (χ0n) is 11.9. The number of carbonyl (C=O) groups excluding carboxylic acids is 1. The van der Waals surface area contributed by atoms with Crippen LogP contribution in [0.5, 0.6) is 0 Å². The van der Waals surface area contributed by atoms with Crippen LogP contribution in [0, 0.1) is 0 Å². The Morgan fingerprint density at radius 2 is 2.14 bits per heavy atom. The Hall–Kier alpha value is -2.40. The first-order valence-electron chi connectivity index (χ1n) is 6.81. The molecule has 0 aliphatic heterocycles. The molecular weight excluding hydrogens is 304 g/mol. The van der Waals surface area contributed by atoms with Gasteiger partial charge in [0.25, 0.3) is 0 Å². The summed E-state index contributed by atoms with van der Waals surface area (Å²) in [4.78, 5) is 19.7. The van der Waals surface area contributed by atoms with E-state index < -0.39 is 5.97 Å². The zero-order chi connectivity index (χ0) is 15.5. The fourth-order valence-electron chi connectivity index (χ4n) is 2.14. The second-order valence-electron chi connectivity index (χ2n) is 4.71. The molecule has 0 N–H and O–H groups in total. The van der Waals surface area contributed by atoms with Gasteiger partial charge in [-0.2, -0.15) is 0 Å². The smallest absolute Gasteiger partial charge is 0.394 e. The first kappa shape index (κ1) is 14.5. The minimum Gasteiger partial charge on any atom is -0.459 e. The molecule has 2 aromatic heterocycles. The Balaban J connectivity index is 1.82. The molecule has 5 nitrogen and oxygen atoms in total. The van der Waals surface area contributed by atoms with E-state index in [-0.39, 0.29) is 12.5 Å². The van der Waals surface area contributed by atoms with Gasteiger partial charge in [-0.3, -0.25) is 4.98 Å². The molecule has 0 spiro atoms. The maximum Gasteiger partial charge on any atom is 0.394 e. The zero-order valence-corrected chi connectivity index (χ0v) is 12.6. The highest BCUT2D eigenvalue weighted by Gasteiger charge is 2.14. The molecule has 22 heavy (non-hydrogen) atoms. The molecule has 0 amide bonds. The Labute approximate surface area is 131 Å². The van der Waals surface area contributed by atoms with Gasteiger partial charge >= 0.3 is 11.9 Å². The van der Waals surface area contributed by atoms with E-state index in [2.05, 4.69) is 9.97 Å². The lowest BCUT2D eigenvalue weighted by Crippen LogP contribution is -2.04. The number of pyridine rings is 1. The molecule has 0 aliphatic rings. The van der Waals surface area contributed by atoms with Gasteiger partial charge in [0.05, 0.1) is 23.3 Å². The fraction of sp³-hybridized carbons (Fsp3) is 0.188. The summed E-state index contributed by atoms with van der Waals surface area (Å²) in [5.41, 5.74) is 1.89. The van der Waals surface area contributed by atoms with Gasteiger partial charge in [-0.25, -0.2) is 9.78 Å². The second kappa shape index (κ2) is 6.15. The van der Waals surface area contributed by atoms with E-state index >= 15 is 0 Å². The molecule has 0 atom stereocenters. The number of carbonyl (C=O) groups is 1.